The summed E-state index contributed by atoms with van der Waals surface area (Å²) in [6.45, 7) is 0. The molecule has 0 aromatic carbocycles. The van der Waals surface area contributed by atoms with Gasteiger partial charge in [0.1, 0.15) is 0 Å². The van der Waals surface area contributed by atoms with Crippen molar-refractivity contribution in [2.75, 3.05) is 0 Å². The molecule has 0 atom stereocenters. The highest BCUT2D eigenvalue weighted by Crippen LogP contribution is 2.48. The summed E-state index contributed by atoms with van der Waals surface area (Å²) in [5, 5.41) is 4.20. The van der Waals surface area contributed by atoms with Crippen LogP contribution in [-0.4, -0.2) is 23.8 Å². The van der Waals surface area contributed by atoms with E-state index in [1.54, 1.807) is 0 Å². The number of hydrogen-bond donors (Lipinski definition) is 0. The molecule has 0 radical (unpaired) electrons. The molecule has 0 aliphatic carbocycles. The summed E-state index contributed by atoms with van der Waals surface area (Å²) >= 11 is 0. The Morgan fingerprint density at radius 2 is 1.38 bits per heavy atom. The van der Waals surface area contributed by atoms with Gasteiger partial charge in [-0.25, -0.2) is 0 Å². The Bertz CT molecular complexity index is 269. The number of halogens is 6. The van der Waals surface area contributed by atoms with Gasteiger partial charge >= 0.3 is 18.0 Å². The zero-order chi connectivity index (χ0) is 10.5. The smallest absolute Gasteiger partial charge is 0.284 e. The summed E-state index contributed by atoms with van der Waals surface area (Å²) in [5.41, 5.74) is -3.88. The molecule has 1 aliphatic heterocycles. The van der Waals surface area contributed by atoms with Crippen LogP contribution in [0.4, 0.5) is 26.3 Å². The van der Waals surface area contributed by atoms with Crippen molar-refractivity contribution in [1.82, 2.24) is 0 Å². The maximum absolute atomic E-state index is 11.8. The second kappa shape index (κ2) is 2.20. The fourth-order valence-electron chi connectivity index (χ4n) is 0.581. The van der Waals surface area contributed by atoms with Crippen molar-refractivity contribution < 1.29 is 31.1 Å². The fourth-order valence-corrected chi connectivity index (χ4v) is 0.581. The molecule has 13 heavy (non-hydrogen) atoms. The molecule has 0 fully saturated rings. The Hall–Kier alpha value is -1.15. The van der Waals surface area contributed by atoms with Gasteiger partial charge in [-0.2, -0.15) is 26.3 Å². The van der Waals surface area contributed by atoms with Crippen LogP contribution < -0.4 is 0 Å². The molecular formula is C4F6N2O. The number of carbonyl (C=O) groups excluding carboxylic acids is 1. The first kappa shape index (κ1) is 9.93. The third-order valence-corrected chi connectivity index (χ3v) is 1.27. The minimum absolute atomic E-state index is 2.10. The highest BCUT2D eigenvalue weighted by molar-refractivity contribution is 5.95. The Balaban J connectivity index is 2.91. The quantitative estimate of drug-likeness (QED) is 0.603. The molecule has 0 N–H and O–H groups in total. The van der Waals surface area contributed by atoms with Crippen LogP contribution in [0, 0.1) is 0 Å². The average Bonchev–Trinajstić information content (AvgIpc) is 2.60. The predicted octanol–water partition coefficient (Wildman–Crippen LogP) is 1.84. The second-order valence-electron chi connectivity index (χ2n) is 2.20. The molecule has 0 saturated heterocycles. The van der Waals surface area contributed by atoms with Gasteiger partial charge in [0.15, 0.2) is 0 Å². The van der Waals surface area contributed by atoms with Crippen LogP contribution in [0.5, 0.6) is 0 Å². The lowest BCUT2D eigenvalue weighted by molar-refractivity contribution is -0.204. The third-order valence-electron chi connectivity index (χ3n) is 1.27. The summed E-state index contributed by atoms with van der Waals surface area (Å²) in [5.74, 6) is -3.01. The Morgan fingerprint density at radius 1 is 1.00 bits per heavy atom. The number of hydrogen-bond acceptors (Lipinski definition) is 3. The topological polar surface area (TPSA) is 41.8 Å². The van der Waals surface area contributed by atoms with E-state index in [1.165, 1.54) is 0 Å². The van der Waals surface area contributed by atoms with Gasteiger partial charge in [0, 0.05) is 0 Å². The van der Waals surface area contributed by atoms with Crippen molar-refractivity contribution >= 4 is 5.78 Å². The molecule has 0 aromatic rings. The molecule has 0 amide bonds. The van der Waals surface area contributed by atoms with Crippen molar-refractivity contribution in [2.24, 2.45) is 10.2 Å². The Kier molecular flexibility index (Phi) is 1.68. The number of alkyl halides is 6. The van der Waals surface area contributed by atoms with Crippen molar-refractivity contribution in [3.8, 4) is 0 Å². The SMILES string of the molecule is O=C(C(F)(F)F)C1(C(F)(F)F)N=N1. The number of Topliss-reactive ketones (excluding diaryl/α,β-unsaturated/α-hetero) is 1. The molecule has 3 nitrogen and oxygen atoms in total. The lowest BCUT2D eigenvalue weighted by atomic mass is 10.1. The zero-order valence-electron chi connectivity index (χ0n) is 5.57. The molecule has 0 spiro atoms. The van der Waals surface area contributed by atoms with E-state index in [2.05, 4.69) is 10.2 Å². The van der Waals surface area contributed by atoms with Crippen molar-refractivity contribution in [3.05, 3.63) is 0 Å². The van der Waals surface area contributed by atoms with Gasteiger partial charge in [0.05, 0.1) is 0 Å². The van der Waals surface area contributed by atoms with Crippen LogP contribution in [-0.2, 0) is 4.79 Å². The number of ketones is 1. The summed E-state index contributed by atoms with van der Waals surface area (Å²) < 4.78 is 69.9. The van der Waals surface area contributed by atoms with Crippen molar-refractivity contribution in [1.29, 1.82) is 0 Å². The van der Waals surface area contributed by atoms with Crippen LogP contribution in [0.15, 0.2) is 10.2 Å². The van der Waals surface area contributed by atoms with Gasteiger partial charge < -0.3 is 0 Å². The van der Waals surface area contributed by atoms with Crippen LogP contribution in [0.3, 0.4) is 0 Å². The van der Waals surface area contributed by atoms with E-state index in [-0.39, 0.29) is 0 Å². The summed E-state index contributed by atoms with van der Waals surface area (Å²) in [4.78, 5) is 10.2. The lowest BCUT2D eigenvalue weighted by Crippen LogP contribution is -2.47. The maximum atomic E-state index is 11.8. The maximum Gasteiger partial charge on any atom is 0.455 e. The summed E-state index contributed by atoms with van der Waals surface area (Å²) in [6, 6.07) is 0. The average molecular weight is 206 g/mol. The molecule has 0 saturated carbocycles. The van der Waals surface area contributed by atoms with E-state index < -0.39 is 23.8 Å². The Morgan fingerprint density at radius 3 is 1.46 bits per heavy atom. The lowest BCUT2D eigenvalue weighted by Gasteiger charge is -2.14. The molecule has 0 aromatic heterocycles. The molecule has 1 rings (SSSR count). The van der Waals surface area contributed by atoms with Crippen LogP contribution in [0.1, 0.15) is 0 Å². The van der Waals surface area contributed by atoms with Crippen molar-refractivity contribution in [3.63, 3.8) is 0 Å². The molecule has 1 aliphatic rings. The fraction of sp³-hybridized carbons (Fsp3) is 0.750. The third kappa shape index (κ3) is 1.38. The van der Waals surface area contributed by atoms with E-state index in [4.69, 9.17) is 0 Å². The highest BCUT2D eigenvalue weighted by Gasteiger charge is 2.75. The predicted molar refractivity (Wildman–Crippen MR) is 24.7 cm³/mol. The van der Waals surface area contributed by atoms with Gasteiger partial charge in [-0.05, 0) is 0 Å². The molecule has 0 bridgehead atoms. The molecular weight excluding hydrogens is 206 g/mol. The van der Waals surface area contributed by atoms with E-state index in [0.717, 1.165) is 0 Å². The zero-order valence-corrected chi connectivity index (χ0v) is 5.57. The second-order valence-corrected chi connectivity index (χ2v) is 2.20. The minimum atomic E-state index is -5.58. The van der Waals surface area contributed by atoms with Gasteiger partial charge in [-0.1, -0.05) is 0 Å². The van der Waals surface area contributed by atoms with Crippen molar-refractivity contribution in [2.45, 2.75) is 18.0 Å². The largest absolute Gasteiger partial charge is 0.455 e. The van der Waals surface area contributed by atoms with E-state index >= 15 is 0 Å². The number of carbonyl (C=O) groups is 1. The Labute approximate surface area is 66.4 Å². The monoisotopic (exact) mass is 206 g/mol. The van der Waals surface area contributed by atoms with Crippen LogP contribution in [0.25, 0.3) is 0 Å². The van der Waals surface area contributed by atoms with Crippen LogP contribution >= 0.6 is 0 Å². The first-order chi connectivity index (χ1) is 5.61. The summed E-state index contributed by atoms with van der Waals surface area (Å²) in [6.07, 6.45) is -11.0. The van der Waals surface area contributed by atoms with Gasteiger partial charge in [-0.3, -0.25) is 4.79 Å². The standard InChI is InChI=1S/C4F6N2O/c5-3(6,7)1(13)2(11-12-2)4(8,9)10. The van der Waals surface area contributed by atoms with E-state index in [9.17, 15) is 31.1 Å². The number of nitrogens with zero attached hydrogens (tertiary/aromatic N) is 2. The molecule has 9 heteroatoms. The van der Waals surface area contributed by atoms with E-state index in [0.29, 0.717) is 0 Å². The van der Waals surface area contributed by atoms with Gasteiger partial charge in [0.25, 0.3) is 5.78 Å². The molecule has 0 unspecified atom stereocenters. The minimum Gasteiger partial charge on any atom is -0.284 e. The molecule has 1 heterocycles. The normalized spacial score (nSPS) is 20.2. The highest BCUT2D eigenvalue weighted by atomic mass is 19.4. The van der Waals surface area contributed by atoms with Gasteiger partial charge in [0.2, 0.25) is 0 Å². The summed E-state index contributed by atoms with van der Waals surface area (Å²) in [7, 11) is 0. The first-order valence-electron chi connectivity index (χ1n) is 2.74. The molecule has 74 valence electrons. The van der Waals surface area contributed by atoms with E-state index in [1.807, 2.05) is 0 Å². The van der Waals surface area contributed by atoms with Gasteiger partial charge in [-0.15, -0.1) is 10.2 Å². The van der Waals surface area contributed by atoms with Crippen LogP contribution in [0.2, 0.25) is 0 Å². The number of rotatable bonds is 1. The first-order valence-corrected chi connectivity index (χ1v) is 2.74.